The summed E-state index contributed by atoms with van der Waals surface area (Å²) in [6.45, 7) is 6.27. The van der Waals surface area contributed by atoms with Crippen LogP contribution in [-0.4, -0.2) is 115 Å². The van der Waals surface area contributed by atoms with Crippen molar-refractivity contribution in [3.05, 3.63) is 64.5 Å². The van der Waals surface area contributed by atoms with Crippen LogP contribution in [0, 0.1) is 23.2 Å². The molecule has 56 heavy (non-hydrogen) atoms. The van der Waals surface area contributed by atoms with Gasteiger partial charge in [-0.25, -0.2) is 0 Å². The van der Waals surface area contributed by atoms with Crippen LogP contribution in [0.15, 0.2) is 36.4 Å². The van der Waals surface area contributed by atoms with Gasteiger partial charge in [-0.1, -0.05) is 31.5 Å². The summed E-state index contributed by atoms with van der Waals surface area (Å²) in [7, 11) is 6.62. The number of hydrogen-bond donors (Lipinski definition) is 3. The number of epoxide rings is 1. The highest BCUT2D eigenvalue weighted by Gasteiger charge is 2.81. The predicted molar refractivity (Wildman–Crippen MR) is 206 cm³/mol. The van der Waals surface area contributed by atoms with E-state index >= 15 is 0 Å². The molecule has 13 rings (SSSR count). The molecule has 1 unspecified atom stereocenters. The van der Waals surface area contributed by atoms with Gasteiger partial charge in [-0.15, -0.1) is 0 Å². The van der Waals surface area contributed by atoms with Gasteiger partial charge in [0.15, 0.2) is 0 Å². The summed E-state index contributed by atoms with van der Waals surface area (Å²) in [5, 5.41) is 16.2. The van der Waals surface area contributed by atoms with Crippen molar-refractivity contribution in [1.82, 2.24) is 19.8 Å². The zero-order chi connectivity index (χ0) is 38.7. The van der Waals surface area contributed by atoms with E-state index in [0.717, 1.165) is 77.4 Å². The van der Waals surface area contributed by atoms with Gasteiger partial charge in [0, 0.05) is 53.1 Å². The van der Waals surface area contributed by atoms with Crippen molar-refractivity contribution in [3.8, 4) is 5.75 Å². The number of likely N-dealkylation sites (N-methyl/N-ethyl adjacent to an activating group) is 1. The fraction of sp³-hybridized carbons (Fsp3) is 0.591. The van der Waals surface area contributed by atoms with E-state index in [4.69, 9.17) is 23.7 Å². The molecule has 12 atom stereocenters. The second-order valence-electron chi connectivity index (χ2n) is 18.0. The summed E-state index contributed by atoms with van der Waals surface area (Å²) in [5.41, 5.74) is 1.25. The number of esters is 2. The Hall–Kier alpha value is -3.94. The van der Waals surface area contributed by atoms with E-state index in [-0.39, 0.29) is 43.2 Å². The molecule has 12 nitrogen and oxygen atoms in total. The number of carbonyl (C=O) groups excluding carboxylic acids is 2. The van der Waals surface area contributed by atoms with Crippen molar-refractivity contribution in [2.45, 2.75) is 93.4 Å². The maximum absolute atomic E-state index is 14.5. The SMILES string of the molecule is CC[C@H]1C[C@H]2CN3CCc4c([nH]c5c([C@@]6(O)C[C@@H]7[C@@]8(C(=O)OC)CO[C@H](N(C)[C@H]8Cc8c6[nH]c6ccccc86)[C@@]76O[C@H]6C)c(OC)ccc45)[C@](C(=O)OC)(C2)[C@H]13. The van der Waals surface area contributed by atoms with E-state index in [9.17, 15) is 14.7 Å². The number of para-hydroxylation sites is 1. The molecule has 2 aromatic heterocycles. The third kappa shape index (κ3) is 3.98. The average Bonchev–Trinajstić information content (AvgIpc) is 3.54. The summed E-state index contributed by atoms with van der Waals surface area (Å²) in [4.78, 5) is 41.4. The first-order chi connectivity index (χ1) is 27.0. The molecule has 9 heterocycles. The molecule has 7 fully saturated rings. The molecule has 12 heteroatoms. The number of benzene rings is 2. The van der Waals surface area contributed by atoms with Crippen molar-refractivity contribution in [2.75, 3.05) is 48.1 Å². The molecule has 296 valence electrons. The Bertz CT molecular complexity index is 2340. The number of rotatable bonds is 5. The summed E-state index contributed by atoms with van der Waals surface area (Å²) < 4.78 is 30.9. The lowest BCUT2D eigenvalue weighted by molar-refractivity contribution is -0.288. The lowest BCUT2D eigenvalue weighted by atomic mass is 9.53. The molecule has 0 radical (unpaired) electrons. The lowest BCUT2D eigenvalue weighted by Crippen LogP contribution is -2.78. The Kier molecular flexibility index (Phi) is 7.30. The van der Waals surface area contributed by atoms with Gasteiger partial charge in [-0.05, 0) is 87.2 Å². The van der Waals surface area contributed by atoms with Gasteiger partial charge in [-0.2, -0.15) is 0 Å². The van der Waals surface area contributed by atoms with Gasteiger partial charge in [0.1, 0.15) is 34.0 Å². The maximum atomic E-state index is 14.5. The largest absolute Gasteiger partial charge is 0.496 e. The molecule has 6 saturated heterocycles. The van der Waals surface area contributed by atoms with Crippen LogP contribution in [0.2, 0.25) is 0 Å². The zero-order valence-corrected chi connectivity index (χ0v) is 33.1. The quantitative estimate of drug-likeness (QED) is 0.196. The van der Waals surface area contributed by atoms with E-state index in [1.807, 2.05) is 38.2 Å². The Labute approximate surface area is 326 Å². The minimum absolute atomic E-state index is 0.00869. The number of nitrogens with zero attached hydrogens (tertiary/aromatic N) is 2. The van der Waals surface area contributed by atoms with Gasteiger partial charge in [-0.3, -0.25) is 19.4 Å². The predicted octanol–water partition coefficient (Wildman–Crippen LogP) is 4.53. The van der Waals surface area contributed by atoms with E-state index in [1.54, 1.807) is 7.11 Å². The molecular weight excluding hydrogens is 713 g/mol. The molecule has 1 spiro atoms. The van der Waals surface area contributed by atoms with Gasteiger partial charge >= 0.3 is 11.9 Å². The number of ether oxygens (including phenoxy) is 5. The van der Waals surface area contributed by atoms with Crippen LogP contribution < -0.4 is 4.74 Å². The topological polar surface area (TPSA) is 142 Å². The summed E-state index contributed by atoms with van der Waals surface area (Å²) in [6.07, 6.45) is 3.55. The van der Waals surface area contributed by atoms with Crippen molar-refractivity contribution < 1.29 is 38.4 Å². The van der Waals surface area contributed by atoms with Crippen molar-refractivity contribution in [3.63, 3.8) is 0 Å². The Balaban J connectivity index is 1.22. The van der Waals surface area contributed by atoms with Gasteiger partial charge in [0.25, 0.3) is 0 Å². The van der Waals surface area contributed by atoms with Crippen LogP contribution in [0.3, 0.4) is 0 Å². The minimum atomic E-state index is -1.73. The molecule has 4 aromatic rings. The first-order valence-electron chi connectivity index (χ1n) is 20.5. The number of fused-ring (bicyclic) bond motifs is 8. The Morgan fingerprint density at radius 3 is 2.52 bits per heavy atom. The molecule has 9 aliphatic rings. The van der Waals surface area contributed by atoms with Crippen LogP contribution in [0.25, 0.3) is 21.8 Å². The van der Waals surface area contributed by atoms with E-state index in [0.29, 0.717) is 35.3 Å². The number of aromatic amines is 2. The Morgan fingerprint density at radius 2 is 1.79 bits per heavy atom. The first kappa shape index (κ1) is 35.2. The van der Waals surface area contributed by atoms with Crippen LogP contribution in [0.1, 0.15) is 67.6 Å². The molecule has 2 aromatic carbocycles. The van der Waals surface area contributed by atoms with E-state index in [1.165, 1.54) is 14.2 Å². The van der Waals surface area contributed by atoms with Crippen molar-refractivity contribution in [2.24, 2.45) is 23.2 Å². The normalized spacial score (nSPS) is 40.5. The first-order valence-corrected chi connectivity index (χ1v) is 20.5. The standard InChI is InChI=1S/C44H52N4O8/c1-7-24-16-23-18-41(39(49)53-5)35-27(14-15-48(20-23)37(24)41)26-12-13-30(52-4)33(34(26)46-35)43(51)19-31-42(40(50)54-6)21-55-38(44(31)22(2)56-44)47(3)32(42)17-28-25-10-8-9-11-29(25)45-36(28)43/h8-13,22-24,31-32,37-38,45-46,51H,7,14-21H2,1-6H3/t22-,23+,24-,31+,32-,37-,38-,41+,42-,43-,44-/m0/s1. The van der Waals surface area contributed by atoms with E-state index in [2.05, 4.69) is 38.8 Å². The maximum Gasteiger partial charge on any atom is 0.319 e. The van der Waals surface area contributed by atoms with Crippen molar-refractivity contribution in [1.29, 1.82) is 0 Å². The number of piperidine rings is 3. The molecule has 3 N–H and O–H groups in total. The van der Waals surface area contributed by atoms with Gasteiger partial charge < -0.3 is 38.8 Å². The van der Waals surface area contributed by atoms with Crippen LogP contribution in [0.5, 0.6) is 5.75 Å². The summed E-state index contributed by atoms with van der Waals surface area (Å²) in [6, 6.07) is 11.9. The number of carbonyl (C=O) groups is 2. The third-order valence-electron chi connectivity index (χ3n) is 16.1. The average molecular weight is 765 g/mol. The fourth-order valence-corrected chi connectivity index (χ4v) is 13.9. The molecule has 2 aliphatic carbocycles. The highest BCUT2D eigenvalue weighted by molar-refractivity contribution is 5.95. The molecule has 1 saturated carbocycles. The summed E-state index contributed by atoms with van der Waals surface area (Å²) in [5.74, 6) is 0.215. The lowest BCUT2D eigenvalue weighted by Gasteiger charge is -2.63. The Morgan fingerprint density at radius 1 is 1.00 bits per heavy atom. The molecule has 7 aliphatic heterocycles. The third-order valence-corrected chi connectivity index (χ3v) is 16.1. The van der Waals surface area contributed by atoms with Crippen LogP contribution >= 0.6 is 0 Å². The number of aromatic nitrogens is 2. The highest BCUT2D eigenvalue weighted by Crippen LogP contribution is 2.68. The zero-order valence-electron chi connectivity index (χ0n) is 33.1. The molecule has 8 bridgehead atoms. The fourth-order valence-electron chi connectivity index (χ4n) is 13.9. The molecule has 0 amide bonds. The number of H-pyrrole nitrogens is 2. The van der Waals surface area contributed by atoms with E-state index < -0.39 is 34.2 Å². The number of methoxy groups -OCH3 is 3. The number of nitrogens with one attached hydrogen (secondary N) is 2. The van der Waals surface area contributed by atoms with Gasteiger partial charge in [0.2, 0.25) is 0 Å². The smallest absolute Gasteiger partial charge is 0.319 e. The molecular formula is C44H52N4O8. The second-order valence-corrected chi connectivity index (χ2v) is 18.0. The van der Waals surface area contributed by atoms with Crippen LogP contribution in [0.4, 0.5) is 0 Å². The minimum Gasteiger partial charge on any atom is -0.496 e. The number of hydrogen-bond acceptors (Lipinski definition) is 10. The number of aliphatic hydroxyl groups is 1. The monoisotopic (exact) mass is 764 g/mol. The highest BCUT2D eigenvalue weighted by atomic mass is 16.7. The van der Waals surface area contributed by atoms with Gasteiger partial charge in [0.05, 0.1) is 50.8 Å². The van der Waals surface area contributed by atoms with Crippen molar-refractivity contribution >= 4 is 33.7 Å². The second kappa shape index (κ2) is 11.6. The van der Waals surface area contributed by atoms with Crippen LogP contribution in [-0.2, 0) is 52.4 Å². The summed E-state index contributed by atoms with van der Waals surface area (Å²) >= 11 is 0.